The second kappa shape index (κ2) is 14.3. The molecule has 61 heavy (non-hydrogen) atoms. The maximum atomic E-state index is 6.99. The fourth-order valence-electron chi connectivity index (χ4n) is 9.02. The molecule has 2 aromatic heterocycles. The van der Waals surface area contributed by atoms with Gasteiger partial charge in [0.2, 0.25) is 0 Å². The highest BCUT2D eigenvalue weighted by molar-refractivity contribution is 6.18. The molecule has 0 amide bonds. The Hall–Kier alpha value is -8.14. The van der Waals surface area contributed by atoms with Crippen LogP contribution in [-0.4, -0.2) is 0 Å². The van der Waals surface area contributed by atoms with Crippen LogP contribution >= 0.6 is 0 Å². The molecule has 0 spiro atoms. The van der Waals surface area contributed by atoms with Gasteiger partial charge in [0.1, 0.15) is 22.3 Å². The van der Waals surface area contributed by atoms with Crippen molar-refractivity contribution in [1.82, 2.24) is 0 Å². The van der Waals surface area contributed by atoms with Crippen LogP contribution in [0.2, 0.25) is 0 Å². The van der Waals surface area contributed by atoms with Gasteiger partial charge < -0.3 is 13.7 Å². The summed E-state index contributed by atoms with van der Waals surface area (Å²) in [5.41, 5.74) is 15.4. The first kappa shape index (κ1) is 34.9. The molecule has 0 aliphatic rings. The maximum absolute atomic E-state index is 6.99. The molecule has 12 rings (SSSR count). The summed E-state index contributed by atoms with van der Waals surface area (Å²) in [5.74, 6) is 0. The molecule has 0 aliphatic carbocycles. The number of hydrogen-bond acceptors (Lipinski definition) is 3. The van der Waals surface area contributed by atoms with E-state index in [1.54, 1.807) is 0 Å². The van der Waals surface area contributed by atoms with Gasteiger partial charge in [-0.15, -0.1) is 0 Å². The molecule has 3 heteroatoms. The molecule has 0 bridgehead atoms. The highest BCUT2D eigenvalue weighted by atomic mass is 16.3. The molecule has 0 unspecified atom stereocenters. The fourth-order valence-corrected chi connectivity index (χ4v) is 9.02. The van der Waals surface area contributed by atoms with Gasteiger partial charge in [0.05, 0.1) is 11.1 Å². The average Bonchev–Trinajstić information content (AvgIpc) is 3.90. The van der Waals surface area contributed by atoms with E-state index in [9.17, 15) is 0 Å². The molecule has 10 aromatic carbocycles. The van der Waals surface area contributed by atoms with Crippen molar-refractivity contribution in [3.8, 4) is 44.5 Å². The lowest BCUT2D eigenvalue weighted by molar-refractivity contribution is 0.669. The van der Waals surface area contributed by atoms with Gasteiger partial charge in [0.25, 0.3) is 0 Å². The smallest absolute Gasteiger partial charge is 0.145 e. The lowest BCUT2D eigenvalue weighted by Gasteiger charge is -2.27. The SMILES string of the molecule is c1ccc(-c2ccc3c(c2)oc2cc(N(c4ccc(-c5ccc6ccccc6c5)cc4)c4ccc(-c5ccccc5)c5oc6cc(-c7ccccc7)ccc6c45)ccc23)cc1. The normalized spacial score (nSPS) is 11.6. The Kier molecular flexibility index (Phi) is 8.17. The van der Waals surface area contributed by atoms with E-state index < -0.39 is 0 Å². The van der Waals surface area contributed by atoms with E-state index in [1.807, 2.05) is 6.07 Å². The van der Waals surface area contributed by atoms with E-state index in [-0.39, 0.29) is 0 Å². The highest BCUT2D eigenvalue weighted by Gasteiger charge is 2.24. The third-order valence-electron chi connectivity index (χ3n) is 12.1. The Balaban J connectivity index is 1.07. The molecule has 12 aromatic rings. The summed E-state index contributed by atoms with van der Waals surface area (Å²) in [6, 6.07) is 79.8. The van der Waals surface area contributed by atoms with Crippen LogP contribution in [0.1, 0.15) is 0 Å². The first-order valence-corrected chi connectivity index (χ1v) is 20.7. The molecule has 0 saturated carbocycles. The Morgan fingerprint density at radius 1 is 0.295 bits per heavy atom. The summed E-state index contributed by atoms with van der Waals surface area (Å²) < 4.78 is 13.7. The van der Waals surface area contributed by atoms with Gasteiger partial charge in [-0.25, -0.2) is 0 Å². The Morgan fingerprint density at radius 2 is 0.787 bits per heavy atom. The summed E-state index contributed by atoms with van der Waals surface area (Å²) in [4.78, 5) is 2.35. The zero-order valence-electron chi connectivity index (χ0n) is 33.1. The lowest BCUT2D eigenvalue weighted by atomic mass is 9.98. The second-order valence-electron chi connectivity index (χ2n) is 15.7. The summed E-state index contributed by atoms with van der Waals surface area (Å²) in [7, 11) is 0. The molecule has 3 nitrogen and oxygen atoms in total. The minimum Gasteiger partial charge on any atom is -0.456 e. The molecular weight excluding hydrogens is 743 g/mol. The molecule has 0 fully saturated rings. The molecule has 0 radical (unpaired) electrons. The number of hydrogen-bond donors (Lipinski definition) is 0. The number of fused-ring (bicyclic) bond motifs is 7. The van der Waals surface area contributed by atoms with Crippen molar-refractivity contribution in [3.05, 3.63) is 224 Å². The van der Waals surface area contributed by atoms with Gasteiger partial charge in [0.15, 0.2) is 0 Å². The highest BCUT2D eigenvalue weighted by Crippen LogP contribution is 2.48. The maximum Gasteiger partial charge on any atom is 0.145 e. The number of rotatable bonds is 7. The first-order valence-electron chi connectivity index (χ1n) is 20.7. The van der Waals surface area contributed by atoms with E-state index in [0.717, 1.165) is 99.9 Å². The van der Waals surface area contributed by atoms with Crippen molar-refractivity contribution in [2.24, 2.45) is 0 Å². The predicted molar refractivity (Wildman–Crippen MR) is 255 cm³/mol. The van der Waals surface area contributed by atoms with Gasteiger partial charge >= 0.3 is 0 Å². The van der Waals surface area contributed by atoms with Crippen LogP contribution in [0.25, 0.3) is 99.2 Å². The fraction of sp³-hybridized carbons (Fsp3) is 0. The molecule has 0 N–H and O–H groups in total. The number of furan rings is 2. The molecule has 0 aliphatic heterocycles. The monoisotopic (exact) mass is 779 g/mol. The molecule has 2 heterocycles. The van der Waals surface area contributed by atoms with Gasteiger partial charge in [-0.3, -0.25) is 0 Å². The summed E-state index contributed by atoms with van der Waals surface area (Å²) >= 11 is 0. The predicted octanol–water partition coefficient (Wildman–Crippen LogP) is 16.8. The largest absolute Gasteiger partial charge is 0.456 e. The van der Waals surface area contributed by atoms with Crippen molar-refractivity contribution >= 4 is 71.7 Å². The van der Waals surface area contributed by atoms with Gasteiger partial charge in [0, 0.05) is 39.2 Å². The van der Waals surface area contributed by atoms with Crippen LogP contribution in [0.4, 0.5) is 17.1 Å². The van der Waals surface area contributed by atoms with Crippen LogP contribution in [0, 0.1) is 0 Å². The van der Waals surface area contributed by atoms with Gasteiger partial charge in [-0.05, 0) is 116 Å². The topological polar surface area (TPSA) is 29.5 Å². The standard InChI is InChI=1S/C58H37NO2/c1-4-12-38(13-5-1)45-24-29-50-51-31-28-48(37-56(51)60-54(50)35-45)59(47-26-22-41(23-27-47)44-21-20-40-16-10-11-19-43(40)34-44)53-33-32-49(42-17-8-3-9-18-42)58-57(53)52-30-25-46(36-55(52)61-58)39-14-6-2-7-15-39/h1-37H. The van der Waals surface area contributed by atoms with E-state index in [2.05, 4.69) is 223 Å². The van der Waals surface area contributed by atoms with E-state index in [1.165, 1.54) is 16.3 Å². The van der Waals surface area contributed by atoms with Gasteiger partial charge in [-0.1, -0.05) is 152 Å². The van der Waals surface area contributed by atoms with Crippen molar-refractivity contribution in [1.29, 1.82) is 0 Å². The number of benzene rings is 10. The van der Waals surface area contributed by atoms with Crippen molar-refractivity contribution in [3.63, 3.8) is 0 Å². The first-order chi connectivity index (χ1) is 30.2. The van der Waals surface area contributed by atoms with E-state index in [4.69, 9.17) is 8.83 Å². The van der Waals surface area contributed by atoms with Crippen LogP contribution in [0.3, 0.4) is 0 Å². The van der Waals surface area contributed by atoms with Crippen molar-refractivity contribution < 1.29 is 8.83 Å². The summed E-state index contributed by atoms with van der Waals surface area (Å²) in [5, 5.41) is 6.74. The van der Waals surface area contributed by atoms with Crippen molar-refractivity contribution in [2.45, 2.75) is 0 Å². The second-order valence-corrected chi connectivity index (χ2v) is 15.7. The Morgan fingerprint density at radius 3 is 1.48 bits per heavy atom. The van der Waals surface area contributed by atoms with Gasteiger partial charge in [-0.2, -0.15) is 0 Å². The lowest BCUT2D eigenvalue weighted by Crippen LogP contribution is -2.10. The Bertz CT molecular complexity index is 3570. The number of anilines is 3. The summed E-state index contributed by atoms with van der Waals surface area (Å²) in [6.07, 6.45) is 0. The molecule has 0 atom stereocenters. The van der Waals surface area contributed by atoms with Crippen LogP contribution in [-0.2, 0) is 0 Å². The minimum absolute atomic E-state index is 0.831. The van der Waals surface area contributed by atoms with Crippen LogP contribution < -0.4 is 4.90 Å². The zero-order valence-corrected chi connectivity index (χ0v) is 33.1. The molecular formula is C58H37NO2. The van der Waals surface area contributed by atoms with Crippen LogP contribution in [0.15, 0.2) is 233 Å². The molecule has 0 saturated heterocycles. The summed E-state index contributed by atoms with van der Waals surface area (Å²) in [6.45, 7) is 0. The van der Waals surface area contributed by atoms with Crippen molar-refractivity contribution in [2.75, 3.05) is 4.90 Å². The minimum atomic E-state index is 0.831. The third kappa shape index (κ3) is 6.06. The Labute approximate surface area is 353 Å². The molecule has 286 valence electrons. The van der Waals surface area contributed by atoms with E-state index in [0.29, 0.717) is 0 Å². The third-order valence-corrected chi connectivity index (χ3v) is 12.1. The number of nitrogens with zero attached hydrogens (tertiary/aromatic N) is 1. The zero-order chi connectivity index (χ0) is 40.3. The van der Waals surface area contributed by atoms with Crippen LogP contribution in [0.5, 0.6) is 0 Å². The average molecular weight is 780 g/mol. The quantitative estimate of drug-likeness (QED) is 0.161. The van der Waals surface area contributed by atoms with E-state index >= 15 is 0 Å².